The molecule has 0 fully saturated rings. The van der Waals surface area contributed by atoms with Crippen LogP contribution in [0.2, 0.25) is 0 Å². The first-order valence-electron chi connectivity index (χ1n) is 14.8. The summed E-state index contributed by atoms with van der Waals surface area (Å²) in [4.78, 5) is 28.4. The maximum atomic E-state index is 12.0. The molecule has 4 aromatic rings. The van der Waals surface area contributed by atoms with Gasteiger partial charge in [0.05, 0.1) is 26.4 Å². The molecule has 1 amide bonds. The van der Waals surface area contributed by atoms with E-state index in [1.807, 2.05) is 36.4 Å². The summed E-state index contributed by atoms with van der Waals surface area (Å²) in [5, 5.41) is 9.51. The van der Waals surface area contributed by atoms with Crippen molar-refractivity contribution in [2.75, 3.05) is 68.1 Å². The van der Waals surface area contributed by atoms with Gasteiger partial charge in [-0.2, -0.15) is 15.0 Å². The molecule has 10 nitrogen and oxygen atoms in total. The number of nitrogens with one attached hydrogen (secondary N) is 3. The molecular formula is C33H39N7O3. The van der Waals surface area contributed by atoms with Crippen molar-refractivity contribution in [3.8, 4) is 0 Å². The lowest BCUT2D eigenvalue weighted by Crippen LogP contribution is -2.32. The van der Waals surface area contributed by atoms with Crippen LogP contribution in [-0.4, -0.2) is 73.5 Å². The molecule has 1 aliphatic rings. The number of hydrogen-bond donors (Lipinski definition) is 3. The van der Waals surface area contributed by atoms with E-state index in [0.717, 1.165) is 32.5 Å². The second-order valence-electron chi connectivity index (χ2n) is 10.2. The van der Waals surface area contributed by atoms with E-state index < -0.39 is 0 Å². The maximum absolute atomic E-state index is 12.0. The summed E-state index contributed by atoms with van der Waals surface area (Å²) >= 11 is 0. The molecule has 1 aromatic heterocycles. The van der Waals surface area contributed by atoms with E-state index in [4.69, 9.17) is 19.4 Å². The summed E-state index contributed by atoms with van der Waals surface area (Å²) in [7, 11) is 0. The van der Waals surface area contributed by atoms with Crippen LogP contribution in [0.3, 0.4) is 0 Å². The van der Waals surface area contributed by atoms with Crippen LogP contribution < -0.4 is 20.9 Å². The van der Waals surface area contributed by atoms with Crippen molar-refractivity contribution in [3.63, 3.8) is 0 Å². The molecule has 0 saturated carbocycles. The predicted molar refractivity (Wildman–Crippen MR) is 169 cm³/mol. The zero-order valence-corrected chi connectivity index (χ0v) is 24.4. The molecule has 0 unspecified atom stereocenters. The van der Waals surface area contributed by atoms with E-state index in [2.05, 4.69) is 62.2 Å². The number of anilines is 3. The molecule has 0 aliphatic carbocycles. The van der Waals surface area contributed by atoms with E-state index in [1.54, 1.807) is 12.1 Å². The van der Waals surface area contributed by atoms with E-state index in [0.29, 0.717) is 62.9 Å². The van der Waals surface area contributed by atoms with Gasteiger partial charge in [0.2, 0.25) is 17.8 Å². The van der Waals surface area contributed by atoms with Crippen LogP contribution in [0.15, 0.2) is 84.9 Å². The van der Waals surface area contributed by atoms with Crippen LogP contribution >= 0.6 is 0 Å². The Morgan fingerprint density at radius 1 is 0.698 bits per heavy atom. The van der Waals surface area contributed by atoms with Gasteiger partial charge in [-0.05, 0) is 41.7 Å². The Hall–Kier alpha value is -4.54. The number of nitrogens with zero attached hydrogens (tertiary/aromatic N) is 4. The summed E-state index contributed by atoms with van der Waals surface area (Å²) in [6.45, 7) is 5.13. The minimum atomic E-state index is -0.104. The molecule has 0 atom stereocenters. The van der Waals surface area contributed by atoms with Crippen molar-refractivity contribution < 1.29 is 14.3 Å². The van der Waals surface area contributed by atoms with Gasteiger partial charge in [0.1, 0.15) is 0 Å². The Bertz CT molecular complexity index is 1420. The molecule has 3 N–H and O–H groups in total. The molecule has 0 saturated heterocycles. The number of ether oxygens (including phenoxy) is 2. The molecule has 2 heterocycles. The Balaban J connectivity index is 1.06. The second-order valence-corrected chi connectivity index (χ2v) is 10.2. The van der Waals surface area contributed by atoms with Crippen molar-refractivity contribution in [2.45, 2.75) is 19.4 Å². The normalized spacial score (nSPS) is 12.4. The molecule has 43 heavy (non-hydrogen) atoms. The highest BCUT2D eigenvalue weighted by atomic mass is 16.5. The minimum absolute atomic E-state index is 0.104. The van der Waals surface area contributed by atoms with E-state index in [1.165, 1.54) is 16.7 Å². The van der Waals surface area contributed by atoms with E-state index >= 15 is 0 Å². The molecule has 10 heteroatoms. The monoisotopic (exact) mass is 581 g/mol. The smallest absolute Gasteiger partial charge is 0.251 e. The molecule has 5 rings (SSSR count). The number of hydrogen-bond acceptors (Lipinski definition) is 9. The van der Waals surface area contributed by atoms with E-state index in [-0.39, 0.29) is 5.91 Å². The van der Waals surface area contributed by atoms with Gasteiger partial charge in [-0.25, -0.2) is 0 Å². The predicted octanol–water partition coefficient (Wildman–Crippen LogP) is 3.96. The number of benzene rings is 3. The molecule has 0 bridgehead atoms. The minimum Gasteiger partial charge on any atom is -0.377 e. The van der Waals surface area contributed by atoms with Gasteiger partial charge in [-0.3, -0.25) is 4.79 Å². The summed E-state index contributed by atoms with van der Waals surface area (Å²) in [6.07, 6.45) is 1.83. The number of carbonyl (C=O) groups excluding carboxylic acids is 1. The Kier molecular flexibility index (Phi) is 11.3. The van der Waals surface area contributed by atoms with Gasteiger partial charge in [0.25, 0.3) is 5.91 Å². The lowest BCUT2D eigenvalue weighted by molar-refractivity contribution is 0.0519. The highest BCUT2D eigenvalue weighted by Gasteiger charge is 2.20. The Labute approximate surface area is 252 Å². The third kappa shape index (κ3) is 9.49. The molecule has 3 aromatic carbocycles. The van der Waals surface area contributed by atoms with Crippen LogP contribution in [0.5, 0.6) is 0 Å². The lowest BCUT2D eigenvalue weighted by Gasteiger charge is -2.29. The van der Waals surface area contributed by atoms with Gasteiger partial charge >= 0.3 is 0 Å². The highest BCUT2D eigenvalue weighted by molar-refractivity contribution is 5.94. The summed E-state index contributed by atoms with van der Waals surface area (Å²) in [5.74, 6) is 1.62. The quantitative estimate of drug-likeness (QED) is 0.169. The van der Waals surface area contributed by atoms with Crippen molar-refractivity contribution >= 4 is 23.8 Å². The van der Waals surface area contributed by atoms with Crippen LogP contribution in [0.1, 0.15) is 27.0 Å². The fraction of sp³-hybridized carbons (Fsp3) is 0.333. The van der Waals surface area contributed by atoms with Crippen molar-refractivity contribution in [3.05, 3.63) is 107 Å². The largest absolute Gasteiger partial charge is 0.377 e. The topological polar surface area (TPSA) is 114 Å². The molecule has 224 valence electrons. The maximum Gasteiger partial charge on any atom is 0.251 e. The number of amides is 1. The highest BCUT2D eigenvalue weighted by Crippen LogP contribution is 2.23. The first-order valence-corrected chi connectivity index (χ1v) is 14.8. The summed E-state index contributed by atoms with van der Waals surface area (Å²) in [5.41, 5.74) is 4.58. The fourth-order valence-corrected chi connectivity index (χ4v) is 4.78. The van der Waals surface area contributed by atoms with Gasteiger partial charge in [-0.1, -0.05) is 72.8 Å². The average Bonchev–Trinajstić information content (AvgIpc) is 3.06. The third-order valence-corrected chi connectivity index (χ3v) is 7.05. The van der Waals surface area contributed by atoms with Gasteiger partial charge in [-0.15, -0.1) is 0 Å². The SMILES string of the molecule is O=C(NCCOCCOCCNc1nc(NCCc2ccccc2)nc(N2CCc3ccccc3C2)n1)c1ccccc1. The average molecular weight is 582 g/mol. The van der Waals surface area contributed by atoms with Gasteiger partial charge in [0, 0.05) is 38.3 Å². The van der Waals surface area contributed by atoms with Crippen molar-refractivity contribution in [1.29, 1.82) is 0 Å². The van der Waals surface area contributed by atoms with Gasteiger partial charge < -0.3 is 30.3 Å². The number of aromatic nitrogens is 3. The third-order valence-electron chi connectivity index (χ3n) is 7.05. The zero-order valence-electron chi connectivity index (χ0n) is 24.4. The number of fused-ring (bicyclic) bond motifs is 1. The first-order chi connectivity index (χ1) is 21.2. The summed E-state index contributed by atoms with van der Waals surface area (Å²) < 4.78 is 11.3. The Morgan fingerprint density at radius 3 is 2.07 bits per heavy atom. The summed E-state index contributed by atoms with van der Waals surface area (Å²) in [6, 6.07) is 28.0. The lowest BCUT2D eigenvalue weighted by atomic mass is 10.0. The zero-order chi connectivity index (χ0) is 29.5. The van der Waals surface area contributed by atoms with Crippen LogP contribution in [0.25, 0.3) is 0 Å². The van der Waals surface area contributed by atoms with Crippen LogP contribution in [-0.2, 0) is 28.9 Å². The number of carbonyl (C=O) groups is 1. The Morgan fingerprint density at radius 2 is 1.33 bits per heavy atom. The first kappa shape index (κ1) is 29.9. The van der Waals surface area contributed by atoms with Crippen molar-refractivity contribution in [2.24, 2.45) is 0 Å². The standard InChI is InChI=1S/C33H39N7O3/c41-30(28-12-5-2-6-13-28)34-18-21-42-23-24-43-22-19-36-32-37-31(35-17-15-26-9-3-1-4-10-26)38-33(39-32)40-20-16-27-11-7-8-14-29(27)25-40/h1-14H,15-25H2,(H,34,41)(H2,35,36,37,38,39). The van der Waals surface area contributed by atoms with Crippen LogP contribution in [0, 0.1) is 0 Å². The molecule has 0 spiro atoms. The molecule has 0 radical (unpaired) electrons. The molecular weight excluding hydrogens is 542 g/mol. The number of rotatable bonds is 16. The second kappa shape index (κ2) is 16.2. The van der Waals surface area contributed by atoms with Crippen LogP contribution in [0.4, 0.5) is 17.8 Å². The van der Waals surface area contributed by atoms with Crippen molar-refractivity contribution in [1.82, 2.24) is 20.3 Å². The fourth-order valence-electron chi connectivity index (χ4n) is 4.78. The van der Waals surface area contributed by atoms with Gasteiger partial charge in [0.15, 0.2) is 0 Å². The molecule has 1 aliphatic heterocycles. The van der Waals surface area contributed by atoms with E-state index in [9.17, 15) is 4.79 Å².